The number of carboxylic acids is 1. The van der Waals surface area contributed by atoms with Crippen LogP contribution in [-0.4, -0.2) is 62.9 Å². The minimum Gasteiger partial charge on any atom is -0.478 e. The molecular weight excluding hydrogens is 903 g/mol. The van der Waals surface area contributed by atoms with E-state index in [1.54, 1.807) is 92.0 Å². The number of carboxylic acid groups (broad SMARTS) is 1. The first kappa shape index (κ1) is 31.0. The summed E-state index contributed by atoms with van der Waals surface area (Å²) in [5, 5.41) is 12.7. The molecule has 5 rings (SSSR count). The fourth-order valence-electron chi connectivity index (χ4n) is 4.72. The third-order valence-corrected chi connectivity index (χ3v) is 9.91. The Morgan fingerprint density at radius 2 is 1.26 bits per heavy atom. The lowest BCUT2D eigenvalue weighted by molar-refractivity contribution is -0.152. The summed E-state index contributed by atoms with van der Waals surface area (Å²) < 4.78 is 5.79. The molecule has 0 saturated carbocycles. The maximum atomic E-state index is 13.4. The van der Waals surface area contributed by atoms with E-state index < -0.39 is 54.2 Å². The average Bonchev–Trinajstić information content (AvgIpc) is 3.35. The lowest BCUT2D eigenvalue weighted by Crippen LogP contribution is -2.39. The van der Waals surface area contributed by atoms with Gasteiger partial charge in [0.25, 0.3) is 23.6 Å². The van der Waals surface area contributed by atoms with E-state index in [-0.39, 0.29) is 49.8 Å². The van der Waals surface area contributed by atoms with Gasteiger partial charge in [0.15, 0.2) is 0 Å². The van der Waals surface area contributed by atoms with Crippen LogP contribution >= 0.6 is 67.8 Å². The minimum atomic E-state index is -1.69. The van der Waals surface area contributed by atoms with Crippen molar-refractivity contribution in [1.29, 1.82) is 0 Å². The van der Waals surface area contributed by atoms with E-state index in [1.165, 1.54) is 24.3 Å². The van der Waals surface area contributed by atoms with Crippen LogP contribution < -0.4 is 5.32 Å². The largest absolute Gasteiger partial charge is 0.478 e. The molecule has 2 N–H and O–H groups in total. The van der Waals surface area contributed by atoms with E-state index in [4.69, 9.17) is 4.74 Å². The smallest absolute Gasteiger partial charge is 0.337 e. The molecule has 3 aromatic rings. The van der Waals surface area contributed by atoms with Gasteiger partial charge in [-0.1, -0.05) is 24.3 Å². The normalized spacial score (nSPS) is 14.5. The molecule has 2 aliphatic rings. The molecule has 2 heterocycles. The standard InChI is InChI=1S/C28H16I3N3O9/c1-11(35)43-27(34-25(39)14-8-4-5-9-15(14)26(34)40)17-19(29)18(28(41)42)21(31)22(20(17)30)32-16(36)10-33-23(37)12-6-2-3-7-13(12)24(33)38/h2-9,27H,10H2,1H3,(H,32,36)(H,41,42). The number of ether oxygens (including phenoxy) is 1. The molecule has 0 spiro atoms. The van der Waals surface area contributed by atoms with E-state index >= 15 is 0 Å². The van der Waals surface area contributed by atoms with Crippen LogP contribution in [0.1, 0.15) is 70.5 Å². The number of anilines is 1. The van der Waals surface area contributed by atoms with Crippen molar-refractivity contribution in [2.45, 2.75) is 13.2 Å². The SMILES string of the molecule is CC(=O)OC(c1c(I)c(NC(=O)CN2C(=O)c3ccccc3C2=O)c(I)c(C(=O)O)c1I)N1C(=O)c2ccccc2C1=O. The maximum Gasteiger partial charge on any atom is 0.337 e. The molecule has 2 aliphatic heterocycles. The topological polar surface area (TPSA) is 167 Å². The van der Waals surface area contributed by atoms with Gasteiger partial charge in [0.1, 0.15) is 6.54 Å². The molecule has 15 heteroatoms. The monoisotopic (exact) mass is 919 g/mol. The van der Waals surface area contributed by atoms with Crippen LogP contribution in [0.15, 0.2) is 48.5 Å². The number of hydrogen-bond acceptors (Lipinski definition) is 8. The van der Waals surface area contributed by atoms with Gasteiger partial charge in [-0.3, -0.25) is 33.7 Å². The zero-order valence-corrected chi connectivity index (χ0v) is 28.1. The molecule has 1 unspecified atom stereocenters. The van der Waals surface area contributed by atoms with Gasteiger partial charge in [0, 0.05) is 19.6 Å². The number of hydrogen-bond donors (Lipinski definition) is 2. The van der Waals surface area contributed by atoms with Gasteiger partial charge in [-0.15, -0.1) is 0 Å². The van der Waals surface area contributed by atoms with Gasteiger partial charge >= 0.3 is 11.9 Å². The summed E-state index contributed by atoms with van der Waals surface area (Å²) in [6.07, 6.45) is -1.69. The minimum absolute atomic E-state index is 0.0280. The van der Waals surface area contributed by atoms with Crippen molar-refractivity contribution in [3.05, 3.63) is 92.6 Å². The summed E-state index contributed by atoms with van der Waals surface area (Å²) in [5.74, 6) is -5.91. The van der Waals surface area contributed by atoms with Gasteiger partial charge in [0.2, 0.25) is 12.1 Å². The highest BCUT2D eigenvalue weighted by molar-refractivity contribution is 14.1. The molecule has 0 fully saturated rings. The molecule has 1 atom stereocenters. The number of aromatic carboxylic acids is 1. The van der Waals surface area contributed by atoms with E-state index in [0.717, 1.165) is 16.7 Å². The fraction of sp³-hybridized carbons (Fsp3) is 0.107. The van der Waals surface area contributed by atoms with Crippen LogP contribution in [0.4, 0.5) is 5.69 Å². The number of esters is 1. The van der Waals surface area contributed by atoms with Crippen molar-refractivity contribution in [2.75, 3.05) is 11.9 Å². The first-order valence-corrected chi connectivity index (χ1v) is 15.4. The Balaban J connectivity index is 1.58. The fourth-order valence-corrected chi connectivity index (χ4v) is 9.15. The molecule has 0 aliphatic carbocycles. The van der Waals surface area contributed by atoms with Crippen LogP contribution in [-0.2, 0) is 14.3 Å². The number of imide groups is 2. The van der Waals surface area contributed by atoms with Crippen molar-refractivity contribution in [2.24, 2.45) is 0 Å². The highest BCUT2D eigenvalue weighted by Crippen LogP contribution is 2.43. The number of benzene rings is 3. The summed E-state index contributed by atoms with van der Waals surface area (Å²) in [4.78, 5) is 91.8. The van der Waals surface area contributed by atoms with Crippen LogP contribution in [0.3, 0.4) is 0 Å². The Hall–Kier alpha value is -3.46. The summed E-state index contributed by atoms with van der Waals surface area (Å²) in [7, 11) is 0. The van der Waals surface area contributed by atoms with E-state index in [1.807, 2.05) is 0 Å². The lowest BCUT2D eigenvalue weighted by Gasteiger charge is -2.29. The van der Waals surface area contributed by atoms with E-state index in [2.05, 4.69) is 5.32 Å². The molecule has 3 aromatic carbocycles. The molecule has 5 amide bonds. The Kier molecular flexibility index (Phi) is 8.58. The first-order chi connectivity index (χ1) is 20.3. The second-order valence-corrected chi connectivity index (χ2v) is 12.4. The summed E-state index contributed by atoms with van der Waals surface area (Å²) >= 11 is 5.25. The maximum absolute atomic E-state index is 13.4. The molecule has 0 aromatic heterocycles. The molecular formula is C28H16I3N3O9. The second kappa shape index (κ2) is 11.9. The third-order valence-electron chi connectivity index (χ3n) is 6.59. The summed E-state index contributed by atoms with van der Waals surface area (Å²) in [5.41, 5.74) is 0.102. The number of halogens is 3. The highest BCUT2D eigenvalue weighted by Gasteiger charge is 2.45. The van der Waals surface area contributed by atoms with E-state index in [0.29, 0.717) is 0 Å². The lowest BCUT2D eigenvalue weighted by atomic mass is 10.1. The zero-order valence-electron chi connectivity index (χ0n) is 21.6. The Labute approximate surface area is 283 Å². The Bertz CT molecular complexity index is 1750. The van der Waals surface area contributed by atoms with Crippen molar-refractivity contribution < 1.29 is 43.4 Å². The molecule has 12 nitrogen and oxygen atoms in total. The number of amides is 5. The number of rotatable bonds is 7. The third kappa shape index (κ3) is 5.30. The van der Waals surface area contributed by atoms with Crippen LogP contribution in [0.5, 0.6) is 0 Å². The predicted octanol–water partition coefficient (Wildman–Crippen LogP) is 4.29. The van der Waals surface area contributed by atoms with Gasteiger partial charge in [-0.25, -0.2) is 9.69 Å². The average molecular weight is 919 g/mol. The zero-order chi connectivity index (χ0) is 31.3. The van der Waals surface area contributed by atoms with Crippen molar-refractivity contribution in [1.82, 2.24) is 9.80 Å². The summed E-state index contributed by atoms with van der Waals surface area (Å²) in [6, 6.07) is 12.1. The molecule has 43 heavy (non-hydrogen) atoms. The first-order valence-electron chi connectivity index (χ1n) is 12.2. The van der Waals surface area contributed by atoms with Gasteiger partial charge < -0.3 is 15.2 Å². The Morgan fingerprint density at radius 1 is 0.791 bits per heavy atom. The number of nitrogens with zero attached hydrogens (tertiary/aromatic N) is 2. The predicted molar refractivity (Wildman–Crippen MR) is 173 cm³/mol. The highest BCUT2D eigenvalue weighted by atomic mass is 127. The van der Waals surface area contributed by atoms with Crippen LogP contribution in [0.25, 0.3) is 0 Å². The van der Waals surface area contributed by atoms with Crippen molar-refractivity contribution in [3.63, 3.8) is 0 Å². The molecule has 0 radical (unpaired) electrons. The second-order valence-electron chi connectivity index (χ2n) is 9.19. The number of carbonyl (C=O) groups is 7. The van der Waals surface area contributed by atoms with Gasteiger partial charge in [-0.2, -0.15) is 0 Å². The number of nitrogens with one attached hydrogen (secondary N) is 1. The van der Waals surface area contributed by atoms with Crippen molar-refractivity contribution >= 4 is 115 Å². The quantitative estimate of drug-likeness (QED) is 0.200. The van der Waals surface area contributed by atoms with Gasteiger partial charge in [0.05, 0.1) is 37.1 Å². The van der Waals surface area contributed by atoms with Crippen molar-refractivity contribution in [3.8, 4) is 0 Å². The van der Waals surface area contributed by atoms with Crippen LogP contribution in [0, 0.1) is 10.7 Å². The van der Waals surface area contributed by atoms with Crippen LogP contribution in [0.2, 0.25) is 0 Å². The molecule has 0 bridgehead atoms. The summed E-state index contributed by atoms with van der Waals surface area (Å²) in [6.45, 7) is 0.397. The number of carbonyl (C=O) groups excluding carboxylic acids is 6. The van der Waals surface area contributed by atoms with Gasteiger partial charge in [-0.05, 0) is 92.0 Å². The number of fused-ring (bicyclic) bond motifs is 2. The molecule has 218 valence electrons. The molecule has 0 saturated heterocycles. The Morgan fingerprint density at radius 3 is 1.70 bits per heavy atom. The van der Waals surface area contributed by atoms with E-state index in [9.17, 15) is 38.7 Å².